The molecule has 1 aliphatic rings. The number of Topliss-reactive ketones (excluding diaryl/α,β-unsaturated/α-hetero) is 1. The van der Waals surface area contributed by atoms with Gasteiger partial charge in [0.25, 0.3) is 5.69 Å². The summed E-state index contributed by atoms with van der Waals surface area (Å²) in [4.78, 5) is 45.1. The first-order valence-corrected chi connectivity index (χ1v) is 8.15. The molecule has 1 aromatic rings. The van der Waals surface area contributed by atoms with Gasteiger partial charge in [0.1, 0.15) is 6.54 Å². The molecule has 0 atom stereocenters. The SMILES string of the molecule is O=C(CC1CCCC1)NCC(=O)OCC(=O)c1ccc([N+](=O)[O-])cc1. The van der Waals surface area contributed by atoms with Crippen LogP contribution in [-0.4, -0.2) is 35.7 Å². The van der Waals surface area contributed by atoms with Crippen LogP contribution in [0.4, 0.5) is 5.69 Å². The Morgan fingerprint density at radius 3 is 2.40 bits per heavy atom. The zero-order valence-corrected chi connectivity index (χ0v) is 13.7. The van der Waals surface area contributed by atoms with Gasteiger partial charge < -0.3 is 10.1 Å². The van der Waals surface area contributed by atoms with Crippen molar-refractivity contribution >= 4 is 23.3 Å². The smallest absolute Gasteiger partial charge is 0.325 e. The first-order valence-electron chi connectivity index (χ1n) is 8.15. The van der Waals surface area contributed by atoms with E-state index in [1.807, 2.05) is 0 Å². The molecule has 1 aliphatic carbocycles. The van der Waals surface area contributed by atoms with E-state index in [1.165, 1.54) is 24.3 Å². The number of ether oxygens (including phenoxy) is 1. The van der Waals surface area contributed by atoms with E-state index < -0.39 is 23.3 Å². The number of non-ortho nitro benzene ring substituents is 1. The second kappa shape index (κ2) is 8.91. The molecule has 0 bridgehead atoms. The summed E-state index contributed by atoms with van der Waals surface area (Å²) < 4.78 is 4.82. The number of carbonyl (C=O) groups excluding carboxylic acids is 3. The number of carbonyl (C=O) groups is 3. The fourth-order valence-corrected chi connectivity index (χ4v) is 2.77. The van der Waals surface area contributed by atoms with E-state index in [0.29, 0.717) is 12.3 Å². The summed E-state index contributed by atoms with van der Waals surface area (Å²) in [5, 5.41) is 13.0. The Morgan fingerprint density at radius 2 is 1.80 bits per heavy atom. The summed E-state index contributed by atoms with van der Waals surface area (Å²) in [7, 11) is 0. The van der Waals surface area contributed by atoms with Crippen molar-refractivity contribution in [3.05, 3.63) is 39.9 Å². The molecular weight excluding hydrogens is 328 g/mol. The summed E-state index contributed by atoms with van der Waals surface area (Å²) in [6.07, 6.45) is 4.79. The van der Waals surface area contributed by atoms with E-state index in [2.05, 4.69) is 5.32 Å². The first-order chi connectivity index (χ1) is 12.0. The van der Waals surface area contributed by atoms with E-state index in [-0.39, 0.29) is 23.7 Å². The predicted molar refractivity (Wildman–Crippen MR) is 88.0 cm³/mol. The fourth-order valence-electron chi connectivity index (χ4n) is 2.77. The molecule has 25 heavy (non-hydrogen) atoms. The Labute approximate surface area is 144 Å². The molecule has 1 fully saturated rings. The molecule has 2 rings (SSSR count). The lowest BCUT2D eigenvalue weighted by Crippen LogP contribution is -2.32. The van der Waals surface area contributed by atoms with Crippen LogP contribution in [0, 0.1) is 16.0 Å². The van der Waals surface area contributed by atoms with Crippen LogP contribution in [-0.2, 0) is 14.3 Å². The molecule has 0 aromatic heterocycles. The summed E-state index contributed by atoms with van der Waals surface area (Å²) in [5.41, 5.74) is 0.0854. The molecule has 1 amide bonds. The largest absolute Gasteiger partial charge is 0.456 e. The molecule has 1 saturated carbocycles. The second-order valence-electron chi connectivity index (χ2n) is 6.02. The Bertz CT molecular complexity index is 650. The summed E-state index contributed by atoms with van der Waals surface area (Å²) in [6.45, 7) is -0.756. The fraction of sp³-hybridized carbons (Fsp3) is 0.471. The molecule has 134 valence electrons. The van der Waals surface area contributed by atoms with Crippen LogP contribution < -0.4 is 5.32 Å². The third-order valence-corrected chi connectivity index (χ3v) is 4.14. The summed E-state index contributed by atoms with van der Waals surface area (Å²) in [6, 6.07) is 5.02. The van der Waals surface area contributed by atoms with Crippen molar-refractivity contribution in [2.75, 3.05) is 13.2 Å². The highest BCUT2D eigenvalue weighted by Gasteiger charge is 2.19. The van der Waals surface area contributed by atoms with Crippen molar-refractivity contribution in [2.45, 2.75) is 32.1 Å². The van der Waals surface area contributed by atoms with Crippen LogP contribution in [0.3, 0.4) is 0 Å². The minimum absolute atomic E-state index is 0.126. The van der Waals surface area contributed by atoms with Crippen molar-refractivity contribution in [3.63, 3.8) is 0 Å². The number of benzene rings is 1. The van der Waals surface area contributed by atoms with Gasteiger partial charge in [-0.25, -0.2) is 0 Å². The minimum Gasteiger partial charge on any atom is -0.456 e. The monoisotopic (exact) mass is 348 g/mol. The molecule has 1 N–H and O–H groups in total. The lowest BCUT2D eigenvalue weighted by atomic mass is 10.0. The van der Waals surface area contributed by atoms with E-state index in [1.54, 1.807) is 0 Å². The van der Waals surface area contributed by atoms with Crippen LogP contribution in [0.1, 0.15) is 42.5 Å². The van der Waals surface area contributed by atoms with E-state index in [9.17, 15) is 24.5 Å². The maximum atomic E-state index is 11.9. The lowest BCUT2D eigenvalue weighted by Gasteiger charge is -2.09. The Hall–Kier alpha value is -2.77. The number of nitrogens with one attached hydrogen (secondary N) is 1. The van der Waals surface area contributed by atoms with Crippen LogP contribution in [0.25, 0.3) is 0 Å². The highest BCUT2D eigenvalue weighted by molar-refractivity contribution is 5.98. The van der Waals surface area contributed by atoms with Crippen molar-refractivity contribution in [3.8, 4) is 0 Å². The van der Waals surface area contributed by atoms with Gasteiger partial charge >= 0.3 is 5.97 Å². The maximum Gasteiger partial charge on any atom is 0.325 e. The van der Waals surface area contributed by atoms with Crippen LogP contribution in [0.5, 0.6) is 0 Å². The first kappa shape index (κ1) is 18.6. The van der Waals surface area contributed by atoms with Crippen molar-refractivity contribution in [2.24, 2.45) is 5.92 Å². The number of rotatable bonds is 8. The number of nitrogens with zero attached hydrogens (tertiary/aromatic N) is 1. The number of nitro groups is 1. The third kappa shape index (κ3) is 5.98. The van der Waals surface area contributed by atoms with Crippen LogP contribution >= 0.6 is 0 Å². The van der Waals surface area contributed by atoms with E-state index >= 15 is 0 Å². The van der Waals surface area contributed by atoms with E-state index in [0.717, 1.165) is 25.7 Å². The number of nitro benzene ring substituents is 1. The second-order valence-corrected chi connectivity index (χ2v) is 6.02. The molecule has 0 heterocycles. The van der Waals surface area contributed by atoms with Gasteiger partial charge in [0.2, 0.25) is 5.91 Å². The molecule has 0 spiro atoms. The number of hydrogen-bond donors (Lipinski definition) is 1. The standard InChI is InChI=1S/C17H20N2O6/c20-15(13-5-7-14(8-6-13)19(23)24)11-25-17(22)10-18-16(21)9-12-3-1-2-4-12/h5-8,12H,1-4,9-11H2,(H,18,21). The van der Waals surface area contributed by atoms with Gasteiger partial charge in [-0.15, -0.1) is 0 Å². The molecule has 8 nitrogen and oxygen atoms in total. The molecule has 8 heteroatoms. The third-order valence-electron chi connectivity index (χ3n) is 4.14. The molecule has 0 saturated heterocycles. The lowest BCUT2D eigenvalue weighted by molar-refractivity contribution is -0.384. The van der Waals surface area contributed by atoms with Gasteiger partial charge in [0.05, 0.1) is 4.92 Å². The Morgan fingerprint density at radius 1 is 1.16 bits per heavy atom. The van der Waals surface area contributed by atoms with Gasteiger partial charge in [-0.1, -0.05) is 12.8 Å². The topological polar surface area (TPSA) is 116 Å². The average Bonchev–Trinajstić information content (AvgIpc) is 3.10. The number of ketones is 1. The Kier molecular flexibility index (Phi) is 6.62. The zero-order chi connectivity index (χ0) is 18.2. The van der Waals surface area contributed by atoms with Gasteiger partial charge in [-0.3, -0.25) is 24.5 Å². The van der Waals surface area contributed by atoms with Gasteiger partial charge in [-0.2, -0.15) is 0 Å². The Balaban J connectivity index is 1.69. The number of hydrogen-bond acceptors (Lipinski definition) is 6. The summed E-state index contributed by atoms with van der Waals surface area (Å²) >= 11 is 0. The van der Waals surface area contributed by atoms with E-state index in [4.69, 9.17) is 4.74 Å². The van der Waals surface area contributed by atoms with Crippen molar-refractivity contribution in [1.29, 1.82) is 0 Å². The zero-order valence-electron chi connectivity index (χ0n) is 13.7. The highest BCUT2D eigenvalue weighted by atomic mass is 16.6. The molecule has 0 unspecified atom stereocenters. The minimum atomic E-state index is -0.699. The summed E-state index contributed by atoms with van der Waals surface area (Å²) in [5.74, 6) is -0.971. The van der Waals surface area contributed by atoms with Crippen molar-refractivity contribution in [1.82, 2.24) is 5.32 Å². The molecular formula is C17H20N2O6. The number of amides is 1. The normalized spacial score (nSPS) is 14.1. The average molecular weight is 348 g/mol. The quantitative estimate of drug-likeness (QED) is 0.332. The predicted octanol–water partition coefficient (Wildman–Crippen LogP) is 2.02. The van der Waals surface area contributed by atoms with Crippen LogP contribution in [0.2, 0.25) is 0 Å². The maximum absolute atomic E-state index is 11.9. The highest BCUT2D eigenvalue weighted by Crippen LogP contribution is 2.27. The van der Waals surface area contributed by atoms with Gasteiger partial charge in [-0.05, 0) is 30.9 Å². The van der Waals surface area contributed by atoms with Crippen molar-refractivity contribution < 1.29 is 24.0 Å². The number of esters is 1. The molecule has 1 aromatic carbocycles. The van der Waals surface area contributed by atoms with Gasteiger partial charge in [0, 0.05) is 24.1 Å². The van der Waals surface area contributed by atoms with Crippen LogP contribution in [0.15, 0.2) is 24.3 Å². The molecule has 0 aliphatic heterocycles. The molecule has 0 radical (unpaired) electrons. The van der Waals surface area contributed by atoms with Gasteiger partial charge in [0.15, 0.2) is 12.4 Å².